The van der Waals surface area contributed by atoms with Gasteiger partial charge in [0, 0.05) is 23.4 Å². The van der Waals surface area contributed by atoms with Crippen molar-refractivity contribution in [3.8, 4) is 11.3 Å². The van der Waals surface area contributed by atoms with Gasteiger partial charge in [0.15, 0.2) is 0 Å². The van der Waals surface area contributed by atoms with E-state index in [4.69, 9.17) is 0 Å². The Labute approximate surface area is 92.7 Å². The van der Waals surface area contributed by atoms with Crippen LogP contribution in [0, 0.1) is 17.0 Å². The van der Waals surface area contributed by atoms with Crippen LogP contribution in [0.1, 0.15) is 5.69 Å². The molecule has 4 nitrogen and oxygen atoms in total. The number of non-ortho nitro benzene ring substituents is 1. The van der Waals surface area contributed by atoms with Gasteiger partial charge in [-0.25, -0.2) is 0 Å². The van der Waals surface area contributed by atoms with Crippen molar-refractivity contribution >= 4 is 5.69 Å². The van der Waals surface area contributed by atoms with E-state index in [0.717, 1.165) is 17.0 Å². The molecule has 4 heteroatoms. The molecule has 0 spiro atoms. The number of nitrogens with zero attached hydrogens (tertiary/aromatic N) is 2. The molecule has 0 fully saturated rings. The molecule has 1 heterocycles. The summed E-state index contributed by atoms with van der Waals surface area (Å²) in [5.41, 5.74) is 2.73. The molecular weight excluding hydrogens is 204 g/mol. The number of aromatic nitrogens is 1. The monoisotopic (exact) mass is 214 g/mol. The van der Waals surface area contributed by atoms with E-state index in [9.17, 15) is 10.1 Å². The predicted molar refractivity (Wildman–Crippen MR) is 61.1 cm³/mol. The van der Waals surface area contributed by atoms with E-state index in [2.05, 4.69) is 4.98 Å². The van der Waals surface area contributed by atoms with Crippen molar-refractivity contribution in [3.63, 3.8) is 0 Å². The van der Waals surface area contributed by atoms with E-state index in [0.29, 0.717) is 0 Å². The minimum absolute atomic E-state index is 0.0939. The lowest BCUT2D eigenvalue weighted by Crippen LogP contribution is -1.89. The molecule has 1 aromatic carbocycles. The van der Waals surface area contributed by atoms with Crippen molar-refractivity contribution in [1.82, 2.24) is 4.98 Å². The Morgan fingerprint density at radius 1 is 1.12 bits per heavy atom. The molecule has 0 saturated heterocycles. The van der Waals surface area contributed by atoms with Crippen LogP contribution in [0.4, 0.5) is 5.69 Å². The molecule has 0 saturated carbocycles. The molecule has 2 rings (SSSR count). The van der Waals surface area contributed by atoms with Crippen LogP contribution in [0.2, 0.25) is 0 Å². The first-order valence-corrected chi connectivity index (χ1v) is 4.85. The zero-order valence-electron chi connectivity index (χ0n) is 8.75. The normalized spacial score (nSPS) is 10.1. The first kappa shape index (κ1) is 10.3. The van der Waals surface area contributed by atoms with Gasteiger partial charge in [0.25, 0.3) is 5.69 Å². The Hall–Kier alpha value is -2.23. The molecule has 1 aromatic heterocycles. The number of benzene rings is 1. The molecule has 0 radical (unpaired) electrons. The molecule has 0 N–H and O–H groups in total. The summed E-state index contributed by atoms with van der Waals surface area (Å²) in [6.07, 6.45) is 0. The van der Waals surface area contributed by atoms with Gasteiger partial charge in [0.1, 0.15) is 0 Å². The molecule has 0 aliphatic heterocycles. The second kappa shape index (κ2) is 4.10. The number of nitro benzene ring substituents is 1. The van der Waals surface area contributed by atoms with Crippen molar-refractivity contribution in [2.24, 2.45) is 0 Å². The van der Waals surface area contributed by atoms with E-state index >= 15 is 0 Å². The van der Waals surface area contributed by atoms with Crippen molar-refractivity contribution < 1.29 is 4.92 Å². The van der Waals surface area contributed by atoms with Crippen molar-refractivity contribution in [2.75, 3.05) is 0 Å². The second-order valence-electron chi connectivity index (χ2n) is 3.47. The van der Waals surface area contributed by atoms with Crippen LogP contribution in [0.25, 0.3) is 11.3 Å². The highest BCUT2D eigenvalue weighted by atomic mass is 16.6. The largest absolute Gasteiger partial charge is 0.269 e. The predicted octanol–water partition coefficient (Wildman–Crippen LogP) is 2.97. The first-order valence-electron chi connectivity index (χ1n) is 4.85. The number of rotatable bonds is 2. The smallest absolute Gasteiger partial charge is 0.258 e. The van der Waals surface area contributed by atoms with Gasteiger partial charge in [0.05, 0.1) is 10.6 Å². The molecule has 0 aliphatic rings. The Kier molecular flexibility index (Phi) is 2.64. The van der Waals surface area contributed by atoms with Crippen LogP contribution in [0.5, 0.6) is 0 Å². The standard InChI is InChI=1S/C12H10N2O2/c1-9-3-2-4-12(13-9)10-5-7-11(8-6-10)14(15)16/h2-8H,1H3. The summed E-state index contributed by atoms with van der Waals surface area (Å²) in [7, 11) is 0. The molecule has 0 bridgehead atoms. The van der Waals surface area contributed by atoms with Gasteiger partial charge in [-0.3, -0.25) is 15.1 Å². The third-order valence-corrected chi connectivity index (χ3v) is 2.26. The van der Waals surface area contributed by atoms with Crippen LogP contribution in [0.15, 0.2) is 42.5 Å². The molecule has 0 atom stereocenters. The second-order valence-corrected chi connectivity index (χ2v) is 3.47. The quantitative estimate of drug-likeness (QED) is 0.570. The molecule has 0 aliphatic carbocycles. The van der Waals surface area contributed by atoms with Gasteiger partial charge in [-0.2, -0.15) is 0 Å². The maximum atomic E-state index is 10.5. The molecular formula is C12H10N2O2. The SMILES string of the molecule is Cc1cccc(-c2ccc([N+](=O)[O-])cc2)n1. The van der Waals surface area contributed by atoms with Crippen molar-refractivity contribution in [2.45, 2.75) is 6.92 Å². The number of aryl methyl sites for hydroxylation is 1. The van der Waals surface area contributed by atoms with Gasteiger partial charge in [-0.1, -0.05) is 6.07 Å². The first-order chi connectivity index (χ1) is 7.66. The van der Waals surface area contributed by atoms with E-state index in [1.54, 1.807) is 12.1 Å². The van der Waals surface area contributed by atoms with Crippen LogP contribution in [-0.2, 0) is 0 Å². The lowest BCUT2D eigenvalue weighted by Gasteiger charge is -2.01. The fraction of sp³-hybridized carbons (Fsp3) is 0.0833. The molecule has 0 amide bonds. The minimum atomic E-state index is -0.409. The molecule has 80 valence electrons. The number of hydrogen-bond acceptors (Lipinski definition) is 3. The summed E-state index contributed by atoms with van der Waals surface area (Å²) in [6.45, 7) is 1.91. The van der Waals surface area contributed by atoms with Crippen molar-refractivity contribution in [3.05, 3.63) is 58.3 Å². The van der Waals surface area contributed by atoms with Gasteiger partial charge in [-0.15, -0.1) is 0 Å². The summed E-state index contributed by atoms with van der Waals surface area (Å²) in [5, 5.41) is 10.5. The van der Waals surface area contributed by atoms with Gasteiger partial charge in [-0.05, 0) is 31.2 Å². The zero-order valence-corrected chi connectivity index (χ0v) is 8.75. The molecule has 0 unspecified atom stereocenters. The Bertz CT molecular complexity index is 521. The molecule has 2 aromatic rings. The topological polar surface area (TPSA) is 56.0 Å². The van der Waals surface area contributed by atoms with Crippen molar-refractivity contribution in [1.29, 1.82) is 0 Å². The lowest BCUT2D eigenvalue weighted by atomic mass is 10.1. The molecule has 16 heavy (non-hydrogen) atoms. The lowest BCUT2D eigenvalue weighted by molar-refractivity contribution is -0.384. The van der Waals surface area contributed by atoms with Crippen LogP contribution in [0.3, 0.4) is 0 Å². The van der Waals surface area contributed by atoms with E-state index in [-0.39, 0.29) is 5.69 Å². The Morgan fingerprint density at radius 3 is 2.38 bits per heavy atom. The summed E-state index contributed by atoms with van der Waals surface area (Å²) < 4.78 is 0. The summed E-state index contributed by atoms with van der Waals surface area (Å²) in [4.78, 5) is 14.4. The van der Waals surface area contributed by atoms with Gasteiger partial charge in [0.2, 0.25) is 0 Å². The van der Waals surface area contributed by atoms with Gasteiger partial charge >= 0.3 is 0 Å². The van der Waals surface area contributed by atoms with E-state index in [1.165, 1.54) is 12.1 Å². The average Bonchev–Trinajstić information content (AvgIpc) is 2.29. The summed E-state index contributed by atoms with van der Waals surface area (Å²) >= 11 is 0. The van der Waals surface area contributed by atoms with Crippen LogP contribution in [-0.4, -0.2) is 9.91 Å². The minimum Gasteiger partial charge on any atom is -0.258 e. The fourth-order valence-corrected chi connectivity index (χ4v) is 1.46. The maximum absolute atomic E-state index is 10.5. The number of nitro groups is 1. The third kappa shape index (κ3) is 2.06. The number of pyridine rings is 1. The highest BCUT2D eigenvalue weighted by Crippen LogP contribution is 2.20. The Morgan fingerprint density at radius 2 is 1.81 bits per heavy atom. The highest BCUT2D eigenvalue weighted by Gasteiger charge is 2.05. The maximum Gasteiger partial charge on any atom is 0.269 e. The number of hydrogen-bond donors (Lipinski definition) is 0. The highest BCUT2D eigenvalue weighted by molar-refractivity contribution is 5.60. The van der Waals surface area contributed by atoms with Crippen LogP contribution >= 0.6 is 0 Å². The zero-order chi connectivity index (χ0) is 11.5. The van der Waals surface area contributed by atoms with Crippen LogP contribution < -0.4 is 0 Å². The fourth-order valence-electron chi connectivity index (χ4n) is 1.46. The van der Waals surface area contributed by atoms with E-state index < -0.39 is 4.92 Å². The Balaban J connectivity index is 2.38. The van der Waals surface area contributed by atoms with E-state index in [1.807, 2.05) is 25.1 Å². The van der Waals surface area contributed by atoms with Gasteiger partial charge < -0.3 is 0 Å². The summed E-state index contributed by atoms with van der Waals surface area (Å²) in [5.74, 6) is 0. The average molecular weight is 214 g/mol. The third-order valence-electron chi connectivity index (χ3n) is 2.26. The summed E-state index contributed by atoms with van der Waals surface area (Å²) in [6, 6.07) is 12.1.